The number of primary amides is 1. The molecule has 0 saturated carbocycles. The Kier molecular flexibility index (Phi) is 5.16. The molecular weight excluding hydrogens is 304 g/mol. The van der Waals surface area contributed by atoms with E-state index < -0.39 is 0 Å². The molecule has 0 fully saturated rings. The SMILES string of the molecule is Cc1c(C(=O)NCCCC(N)=O)cnn1-c1cccc(Cl)c1. The van der Waals surface area contributed by atoms with Crippen molar-refractivity contribution in [2.45, 2.75) is 19.8 Å². The van der Waals surface area contributed by atoms with Gasteiger partial charge in [0.1, 0.15) is 0 Å². The second-order valence-electron chi connectivity index (χ2n) is 4.86. The average Bonchev–Trinajstić information content (AvgIpc) is 2.85. The van der Waals surface area contributed by atoms with Crippen molar-refractivity contribution in [2.24, 2.45) is 5.73 Å². The molecule has 0 aliphatic carbocycles. The van der Waals surface area contributed by atoms with Crippen molar-refractivity contribution >= 4 is 23.4 Å². The highest BCUT2D eigenvalue weighted by Gasteiger charge is 2.14. The number of nitrogens with two attached hydrogens (primary N) is 1. The van der Waals surface area contributed by atoms with Crippen molar-refractivity contribution in [3.8, 4) is 5.69 Å². The normalized spacial score (nSPS) is 10.5. The van der Waals surface area contributed by atoms with Crippen LogP contribution in [0, 0.1) is 6.92 Å². The summed E-state index contributed by atoms with van der Waals surface area (Å²) in [4.78, 5) is 22.8. The molecule has 22 heavy (non-hydrogen) atoms. The smallest absolute Gasteiger partial charge is 0.254 e. The van der Waals surface area contributed by atoms with Crippen LogP contribution >= 0.6 is 11.6 Å². The second-order valence-corrected chi connectivity index (χ2v) is 5.30. The van der Waals surface area contributed by atoms with Crippen molar-refractivity contribution in [2.75, 3.05) is 6.54 Å². The first-order valence-electron chi connectivity index (χ1n) is 6.86. The Hall–Kier alpha value is -2.34. The largest absolute Gasteiger partial charge is 0.370 e. The molecule has 0 aliphatic heterocycles. The lowest BCUT2D eigenvalue weighted by Gasteiger charge is -2.06. The molecule has 2 rings (SSSR count). The number of nitrogens with one attached hydrogen (secondary N) is 1. The van der Waals surface area contributed by atoms with Gasteiger partial charge in [0.15, 0.2) is 0 Å². The number of benzene rings is 1. The number of hydrogen-bond acceptors (Lipinski definition) is 3. The first kappa shape index (κ1) is 16.0. The lowest BCUT2D eigenvalue weighted by atomic mass is 10.2. The quantitative estimate of drug-likeness (QED) is 0.796. The number of carbonyl (C=O) groups is 2. The maximum atomic E-state index is 12.1. The standard InChI is InChI=1S/C15H17ClN4O2/c1-10-13(15(22)18-7-3-6-14(17)21)9-19-20(10)12-5-2-4-11(16)8-12/h2,4-5,8-9H,3,6-7H2,1H3,(H2,17,21)(H,18,22). The van der Waals surface area contributed by atoms with Gasteiger partial charge in [0.25, 0.3) is 5.91 Å². The van der Waals surface area contributed by atoms with Crippen LogP contribution in [0.15, 0.2) is 30.5 Å². The van der Waals surface area contributed by atoms with Gasteiger partial charge < -0.3 is 11.1 Å². The van der Waals surface area contributed by atoms with Gasteiger partial charge in [0.05, 0.1) is 23.1 Å². The summed E-state index contributed by atoms with van der Waals surface area (Å²) < 4.78 is 1.66. The van der Waals surface area contributed by atoms with Gasteiger partial charge in [-0.05, 0) is 31.5 Å². The van der Waals surface area contributed by atoms with Crippen molar-refractivity contribution in [3.63, 3.8) is 0 Å². The molecule has 0 unspecified atom stereocenters. The van der Waals surface area contributed by atoms with E-state index in [4.69, 9.17) is 17.3 Å². The van der Waals surface area contributed by atoms with Crippen LogP contribution in [-0.4, -0.2) is 28.1 Å². The summed E-state index contributed by atoms with van der Waals surface area (Å²) in [7, 11) is 0. The van der Waals surface area contributed by atoms with Crippen molar-refractivity contribution < 1.29 is 9.59 Å². The minimum atomic E-state index is -0.376. The van der Waals surface area contributed by atoms with E-state index in [-0.39, 0.29) is 18.2 Å². The van der Waals surface area contributed by atoms with Gasteiger partial charge in [-0.3, -0.25) is 9.59 Å². The lowest BCUT2D eigenvalue weighted by Crippen LogP contribution is -2.26. The minimum absolute atomic E-state index is 0.227. The van der Waals surface area contributed by atoms with E-state index in [9.17, 15) is 9.59 Å². The minimum Gasteiger partial charge on any atom is -0.370 e. The van der Waals surface area contributed by atoms with E-state index in [2.05, 4.69) is 10.4 Å². The topological polar surface area (TPSA) is 90.0 Å². The summed E-state index contributed by atoms with van der Waals surface area (Å²) in [5.74, 6) is -0.602. The van der Waals surface area contributed by atoms with E-state index in [0.29, 0.717) is 23.6 Å². The van der Waals surface area contributed by atoms with Gasteiger partial charge in [-0.1, -0.05) is 17.7 Å². The maximum absolute atomic E-state index is 12.1. The van der Waals surface area contributed by atoms with E-state index in [1.54, 1.807) is 16.8 Å². The first-order chi connectivity index (χ1) is 10.5. The number of halogens is 1. The molecule has 7 heteroatoms. The maximum Gasteiger partial charge on any atom is 0.254 e. The van der Waals surface area contributed by atoms with Crippen LogP contribution < -0.4 is 11.1 Å². The van der Waals surface area contributed by atoms with Crippen LogP contribution in [0.1, 0.15) is 28.9 Å². The summed E-state index contributed by atoms with van der Waals surface area (Å²) >= 11 is 5.97. The molecular formula is C15H17ClN4O2. The fourth-order valence-electron chi connectivity index (χ4n) is 2.06. The third kappa shape index (κ3) is 3.85. The van der Waals surface area contributed by atoms with Crippen LogP contribution in [0.4, 0.5) is 0 Å². The van der Waals surface area contributed by atoms with Crippen LogP contribution in [-0.2, 0) is 4.79 Å². The Labute approximate surface area is 133 Å². The van der Waals surface area contributed by atoms with Crippen LogP contribution in [0.3, 0.4) is 0 Å². The zero-order chi connectivity index (χ0) is 16.1. The molecule has 0 radical (unpaired) electrons. The van der Waals surface area contributed by atoms with E-state index in [1.807, 2.05) is 19.1 Å². The first-order valence-corrected chi connectivity index (χ1v) is 7.24. The average molecular weight is 321 g/mol. The molecule has 3 N–H and O–H groups in total. The zero-order valence-electron chi connectivity index (χ0n) is 12.2. The van der Waals surface area contributed by atoms with E-state index in [1.165, 1.54) is 6.20 Å². The third-order valence-corrected chi connectivity index (χ3v) is 3.43. The molecule has 1 aromatic carbocycles. The molecule has 1 heterocycles. The number of aromatic nitrogens is 2. The van der Waals surface area contributed by atoms with Crippen molar-refractivity contribution in [1.29, 1.82) is 0 Å². The molecule has 0 bridgehead atoms. The monoisotopic (exact) mass is 320 g/mol. The summed E-state index contributed by atoms with van der Waals surface area (Å²) in [5, 5.41) is 7.57. The third-order valence-electron chi connectivity index (χ3n) is 3.19. The summed E-state index contributed by atoms with van der Waals surface area (Å²) in [6.07, 6.45) is 2.28. The molecule has 2 aromatic rings. The Morgan fingerprint density at radius 3 is 2.86 bits per heavy atom. The highest BCUT2D eigenvalue weighted by atomic mass is 35.5. The van der Waals surface area contributed by atoms with Gasteiger partial charge in [-0.2, -0.15) is 5.10 Å². The number of carbonyl (C=O) groups excluding carboxylic acids is 2. The Bertz CT molecular complexity index is 697. The summed E-state index contributed by atoms with van der Waals surface area (Å²) in [6.45, 7) is 2.20. The molecule has 0 aliphatic rings. The number of hydrogen-bond donors (Lipinski definition) is 2. The molecule has 116 valence electrons. The molecule has 0 saturated heterocycles. The Morgan fingerprint density at radius 1 is 1.41 bits per heavy atom. The zero-order valence-corrected chi connectivity index (χ0v) is 12.9. The fourth-order valence-corrected chi connectivity index (χ4v) is 2.24. The van der Waals surface area contributed by atoms with E-state index in [0.717, 1.165) is 11.4 Å². The Balaban J connectivity index is 2.07. The predicted octanol–water partition coefficient (Wildman–Crippen LogP) is 1.83. The van der Waals surface area contributed by atoms with Crippen LogP contribution in [0.2, 0.25) is 5.02 Å². The van der Waals surface area contributed by atoms with E-state index >= 15 is 0 Å². The summed E-state index contributed by atoms with van der Waals surface area (Å²) in [5.41, 5.74) is 7.04. The Morgan fingerprint density at radius 2 is 2.18 bits per heavy atom. The van der Waals surface area contributed by atoms with Gasteiger partial charge in [-0.15, -0.1) is 0 Å². The van der Waals surface area contributed by atoms with Crippen LogP contribution in [0.25, 0.3) is 5.69 Å². The number of nitrogens with zero attached hydrogens (tertiary/aromatic N) is 2. The molecule has 0 spiro atoms. The van der Waals surface area contributed by atoms with Crippen molar-refractivity contribution in [1.82, 2.24) is 15.1 Å². The number of amides is 2. The predicted molar refractivity (Wildman–Crippen MR) is 84.1 cm³/mol. The van der Waals surface area contributed by atoms with Gasteiger partial charge in [-0.25, -0.2) is 4.68 Å². The van der Waals surface area contributed by atoms with Gasteiger partial charge in [0.2, 0.25) is 5.91 Å². The molecule has 2 amide bonds. The van der Waals surface area contributed by atoms with Gasteiger partial charge in [0, 0.05) is 18.0 Å². The van der Waals surface area contributed by atoms with Gasteiger partial charge >= 0.3 is 0 Å². The second kappa shape index (κ2) is 7.09. The highest BCUT2D eigenvalue weighted by Crippen LogP contribution is 2.17. The number of rotatable bonds is 6. The summed E-state index contributed by atoms with van der Waals surface area (Å²) in [6, 6.07) is 7.23. The lowest BCUT2D eigenvalue weighted by molar-refractivity contribution is -0.118. The highest BCUT2D eigenvalue weighted by molar-refractivity contribution is 6.30. The molecule has 6 nitrogen and oxygen atoms in total. The van der Waals surface area contributed by atoms with Crippen molar-refractivity contribution in [3.05, 3.63) is 46.7 Å². The van der Waals surface area contributed by atoms with Crippen LogP contribution in [0.5, 0.6) is 0 Å². The molecule has 0 atom stereocenters. The molecule has 1 aromatic heterocycles. The fraction of sp³-hybridized carbons (Fsp3) is 0.267.